The fourth-order valence-corrected chi connectivity index (χ4v) is 4.85. The van der Waals surface area contributed by atoms with E-state index in [9.17, 15) is 8.42 Å². The molecular weight excluding hydrogens is 366 g/mol. The molecule has 2 heterocycles. The van der Waals surface area contributed by atoms with Gasteiger partial charge in [-0.05, 0) is 48.2 Å². The Labute approximate surface area is 150 Å². The van der Waals surface area contributed by atoms with Gasteiger partial charge in [-0.15, -0.1) is 11.3 Å². The standard InChI is InChI=1S/C17H16ClNO3S2/c1-12-14(18)5-2-8-17(12)24(20,21)19-11-13(15-6-3-9-22-15)16-7-4-10-23-16/h2-10,13,19H,11H2,1H3. The molecule has 0 aliphatic heterocycles. The summed E-state index contributed by atoms with van der Waals surface area (Å²) in [6.07, 6.45) is 1.59. The molecule has 4 nitrogen and oxygen atoms in total. The van der Waals surface area contributed by atoms with Gasteiger partial charge in [-0.1, -0.05) is 23.7 Å². The van der Waals surface area contributed by atoms with Gasteiger partial charge in [-0.3, -0.25) is 0 Å². The van der Waals surface area contributed by atoms with E-state index in [4.69, 9.17) is 16.0 Å². The summed E-state index contributed by atoms with van der Waals surface area (Å²) in [4.78, 5) is 1.23. The smallest absolute Gasteiger partial charge is 0.240 e. The molecule has 3 aromatic rings. The van der Waals surface area contributed by atoms with Crippen LogP contribution >= 0.6 is 22.9 Å². The minimum Gasteiger partial charge on any atom is -0.469 e. The molecule has 24 heavy (non-hydrogen) atoms. The molecule has 1 unspecified atom stereocenters. The zero-order valence-electron chi connectivity index (χ0n) is 12.9. The molecular formula is C17H16ClNO3S2. The van der Waals surface area contributed by atoms with Crippen molar-refractivity contribution in [3.8, 4) is 0 Å². The van der Waals surface area contributed by atoms with Crippen molar-refractivity contribution < 1.29 is 12.8 Å². The number of sulfonamides is 1. The van der Waals surface area contributed by atoms with E-state index in [1.165, 1.54) is 0 Å². The van der Waals surface area contributed by atoms with Crippen LogP contribution in [0.15, 0.2) is 63.4 Å². The second-order valence-corrected chi connectivity index (χ2v) is 8.42. The molecule has 126 valence electrons. The summed E-state index contributed by atoms with van der Waals surface area (Å²) in [5.74, 6) is 0.553. The molecule has 0 radical (unpaired) electrons. The molecule has 7 heteroatoms. The average Bonchev–Trinajstić information content (AvgIpc) is 3.24. The number of thiophene rings is 1. The van der Waals surface area contributed by atoms with Gasteiger partial charge in [-0.2, -0.15) is 0 Å². The van der Waals surface area contributed by atoms with Crippen LogP contribution in [0.2, 0.25) is 5.02 Å². The summed E-state index contributed by atoms with van der Waals surface area (Å²) < 4.78 is 33.5. The van der Waals surface area contributed by atoms with Crippen LogP contribution < -0.4 is 4.72 Å². The van der Waals surface area contributed by atoms with Gasteiger partial charge in [-0.25, -0.2) is 13.1 Å². The molecule has 0 saturated carbocycles. The maximum Gasteiger partial charge on any atom is 0.240 e. The molecule has 2 aromatic heterocycles. The van der Waals surface area contributed by atoms with Gasteiger partial charge in [0.15, 0.2) is 0 Å². The Morgan fingerprint density at radius 2 is 2.04 bits per heavy atom. The highest BCUT2D eigenvalue weighted by atomic mass is 35.5. The summed E-state index contributed by atoms with van der Waals surface area (Å²) in [6, 6.07) is 12.4. The van der Waals surface area contributed by atoms with Crippen molar-refractivity contribution in [3.05, 3.63) is 75.3 Å². The Morgan fingerprint density at radius 1 is 1.21 bits per heavy atom. The Hall–Kier alpha value is -1.60. The molecule has 1 aromatic carbocycles. The fraction of sp³-hybridized carbons (Fsp3) is 0.176. The largest absolute Gasteiger partial charge is 0.469 e. The Balaban J connectivity index is 1.86. The second kappa shape index (κ2) is 7.11. The summed E-state index contributed by atoms with van der Waals surface area (Å²) in [5, 5.41) is 2.39. The minimum atomic E-state index is -3.66. The lowest BCUT2D eigenvalue weighted by atomic mass is 10.1. The number of rotatable bonds is 6. The van der Waals surface area contributed by atoms with E-state index in [-0.39, 0.29) is 17.4 Å². The molecule has 0 fully saturated rings. The maximum absolute atomic E-state index is 12.7. The first-order chi connectivity index (χ1) is 11.5. The number of furan rings is 1. The van der Waals surface area contributed by atoms with E-state index in [2.05, 4.69) is 4.72 Å². The van der Waals surface area contributed by atoms with E-state index in [0.29, 0.717) is 10.6 Å². The number of hydrogen-bond donors (Lipinski definition) is 1. The van der Waals surface area contributed by atoms with Crippen molar-refractivity contribution in [1.82, 2.24) is 4.72 Å². The summed E-state index contributed by atoms with van der Waals surface area (Å²) >= 11 is 7.60. The predicted molar refractivity (Wildman–Crippen MR) is 96.2 cm³/mol. The quantitative estimate of drug-likeness (QED) is 0.687. The third-order valence-corrected chi connectivity index (χ3v) is 6.72. The van der Waals surface area contributed by atoms with Crippen LogP contribution in [-0.2, 0) is 10.0 Å². The summed E-state index contributed by atoms with van der Waals surface area (Å²) in [6.45, 7) is 1.91. The molecule has 1 N–H and O–H groups in total. The summed E-state index contributed by atoms with van der Waals surface area (Å²) in [5.41, 5.74) is 0.539. The molecule has 0 bridgehead atoms. The third-order valence-electron chi connectivity index (χ3n) is 3.76. The first kappa shape index (κ1) is 17.2. The monoisotopic (exact) mass is 381 g/mol. The number of benzene rings is 1. The minimum absolute atomic E-state index is 0.172. The molecule has 1 atom stereocenters. The third kappa shape index (κ3) is 3.57. The van der Waals surface area contributed by atoms with Crippen molar-refractivity contribution in [3.63, 3.8) is 0 Å². The molecule has 0 saturated heterocycles. The van der Waals surface area contributed by atoms with Crippen LogP contribution in [-0.4, -0.2) is 15.0 Å². The number of hydrogen-bond acceptors (Lipinski definition) is 4. The Morgan fingerprint density at radius 3 is 2.71 bits per heavy atom. The molecule has 0 spiro atoms. The van der Waals surface area contributed by atoms with Gasteiger partial charge in [0.1, 0.15) is 5.76 Å². The predicted octanol–water partition coefficient (Wildman–Crippen LogP) is 4.41. The number of halogens is 1. The van der Waals surface area contributed by atoms with E-state index in [0.717, 1.165) is 10.6 Å². The Bertz CT molecular complexity index is 869. The van der Waals surface area contributed by atoms with Crippen LogP contribution in [0.3, 0.4) is 0 Å². The zero-order chi connectivity index (χ0) is 17.2. The lowest BCUT2D eigenvalue weighted by molar-refractivity contribution is 0.483. The van der Waals surface area contributed by atoms with Gasteiger partial charge < -0.3 is 4.42 Å². The van der Waals surface area contributed by atoms with Gasteiger partial charge >= 0.3 is 0 Å². The Kier molecular flexibility index (Phi) is 5.10. The van der Waals surface area contributed by atoms with Crippen LogP contribution in [0.4, 0.5) is 0 Å². The zero-order valence-corrected chi connectivity index (χ0v) is 15.3. The van der Waals surface area contributed by atoms with Gasteiger partial charge in [0.05, 0.1) is 17.1 Å². The van der Waals surface area contributed by atoms with E-state index in [1.54, 1.807) is 48.8 Å². The fourth-order valence-electron chi connectivity index (χ4n) is 2.47. The van der Waals surface area contributed by atoms with E-state index < -0.39 is 10.0 Å². The SMILES string of the molecule is Cc1c(Cl)cccc1S(=O)(=O)NCC(c1ccco1)c1cccs1. The second-order valence-electron chi connectivity index (χ2n) is 5.30. The molecule has 0 amide bonds. The lowest BCUT2D eigenvalue weighted by Crippen LogP contribution is -2.29. The first-order valence-electron chi connectivity index (χ1n) is 7.30. The van der Waals surface area contributed by atoms with Crippen molar-refractivity contribution in [2.24, 2.45) is 0 Å². The highest BCUT2D eigenvalue weighted by Crippen LogP contribution is 2.29. The van der Waals surface area contributed by atoms with Crippen LogP contribution in [0, 0.1) is 6.92 Å². The van der Waals surface area contributed by atoms with E-state index in [1.807, 2.05) is 23.6 Å². The molecule has 3 rings (SSSR count). The van der Waals surface area contributed by atoms with Crippen molar-refractivity contribution >= 4 is 33.0 Å². The highest BCUT2D eigenvalue weighted by molar-refractivity contribution is 7.89. The van der Waals surface area contributed by atoms with Crippen molar-refractivity contribution in [2.75, 3.05) is 6.54 Å². The topological polar surface area (TPSA) is 59.3 Å². The molecule has 0 aliphatic rings. The average molecular weight is 382 g/mol. The molecule has 0 aliphatic carbocycles. The van der Waals surface area contributed by atoms with Crippen molar-refractivity contribution in [2.45, 2.75) is 17.7 Å². The number of nitrogens with one attached hydrogen (secondary N) is 1. The van der Waals surface area contributed by atoms with Gasteiger partial charge in [0, 0.05) is 16.4 Å². The van der Waals surface area contributed by atoms with Crippen LogP contribution in [0.1, 0.15) is 22.1 Å². The summed E-state index contributed by atoms with van der Waals surface area (Å²) in [7, 11) is -3.66. The van der Waals surface area contributed by atoms with Crippen LogP contribution in [0.5, 0.6) is 0 Å². The normalized spacial score (nSPS) is 13.1. The maximum atomic E-state index is 12.7. The lowest BCUT2D eigenvalue weighted by Gasteiger charge is -2.15. The van der Waals surface area contributed by atoms with Crippen molar-refractivity contribution in [1.29, 1.82) is 0 Å². The van der Waals surface area contributed by atoms with Gasteiger partial charge in [0.2, 0.25) is 10.0 Å². The highest BCUT2D eigenvalue weighted by Gasteiger charge is 2.23. The van der Waals surface area contributed by atoms with Gasteiger partial charge in [0.25, 0.3) is 0 Å². The van der Waals surface area contributed by atoms with Crippen LogP contribution in [0.25, 0.3) is 0 Å². The first-order valence-corrected chi connectivity index (χ1v) is 10.0. The van der Waals surface area contributed by atoms with E-state index >= 15 is 0 Å².